The van der Waals surface area contributed by atoms with Crippen LogP contribution in [0.15, 0.2) is 84.9 Å². The molecule has 0 saturated heterocycles. The lowest BCUT2D eigenvalue weighted by Crippen LogP contribution is -2.12. The molecular weight excluding hydrogens is 376 g/mol. The van der Waals surface area contributed by atoms with E-state index in [-0.39, 0.29) is 11.8 Å². The normalized spacial score (nSPS) is 10.6. The highest BCUT2D eigenvalue weighted by Gasteiger charge is 2.04. The van der Waals surface area contributed by atoms with Gasteiger partial charge in [0.1, 0.15) is 5.75 Å². The molecule has 0 saturated carbocycles. The van der Waals surface area contributed by atoms with Gasteiger partial charge in [-0.05, 0) is 60.0 Å². The number of hydrogen-bond acceptors (Lipinski definition) is 3. The summed E-state index contributed by atoms with van der Waals surface area (Å²) in [5, 5.41) is 5.67. The monoisotopic (exact) mass is 400 g/mol. The number of benzene rings is 3. The van der Waals surface area contributed by atoms with E-state index in [1.807, 2.05) is 54.6 Å². The fourth-order valence-electron chi connectivity index (χ4n) is 2.83. The fraction of sp³-hybridized carbons (Fsp3) is 0.120. The number of methoxy groups -OCH3 is 1. The van der Waals surface area contributed by atoms with Gasteiger partial charge in [-0.25, -0.2) is 0 Å². The van der Waals surface area contributed by atoms with Gasteiger partial charge in [-0.15, -0.1) is 0 Å². The molecule has 0 atom stereocenters. The standard InChI is InChI=1S/C25H24N2O3/c1-30-23-15-7-20(8-16-23)10-18-25(29)27-22-13-11-21(12-14-22)26-24(28)17-9-19-5-3-2-4-6-19/h2-8,10-16,18H,9,17H2,1H3,(H,26,28)(H,27,29)/b18-10+. The lowest BCUT2D eigenvalue weighted by Gasteiger charge is -2.07. The largest absolute Gasteiger partial charge is 0.497 e. The van der Waals surface area contributed by atoms with Crippen LogP contribution in [0.2, 0.25) is 0 Å². The Labute approximate surface area is 176 Å². The molecule has 3 rings (SSSR count). The third-order valence-corrected chi connectivity index (χ3v) is 4.46. The summed E-state index contributed by atoms with van der Waals surface area (Å²) in [5.41, 5.74) is 3.38. The van der Waals surface area contributed by atoms with Crippen LogP contribution in [0.25, 0.3) is 6.08 Å². The number of carbonyl (C=O) groups is 2. The van der Waals surface area contributed by atoms with Crippen molar-refractivity contribution in [2.24, 2.45) is 0 Å². The van der Waals surface area contributed by atoms with Crippen LogP contribution in [-0.4, -0.2) is 18.9 Å². The van der Waals surface area contributed by atoms with Gasteiger partial charge in [0.25, 0.3) is 0 Å². The van der Waals surface area contributed by atoms with Crippen LogP contribution in [0.5, 0.6) is 5.75 Å². The number of hydrogen-bond donors (Lipinski definition) is 2. The first-order valence-electron chi connectivity index (χ1n) is 9.69. The fourth-order valence-corrected chi connectivity index (χ4v) is 2.83. The maximum atomic E-state index is 12.1. The second kappa shape index (κ2) is 10.6. The Balaban J connectivity index is 1.46. The molecule has 0 bridgehead atoms. The van der Waals surface area contributed by atoms with Crippen molar-refractivity contribution in [3.63, 3.8) is 0 Å². The number of aryl methyl sites for hydroxylation is 1. The Bertz CT molecular complexity index is 995. The maximum Gasteiger partial charge on any atom is 0.248 e. The van der Waals surface area contributed by atoms with Crippen molar-refractivity contribution in [3.8, 4) is 5.75 Å². The zero-order valence-corrected chi connectivity index (χ0v) is 16.8. The van der Waals surface area contributed by atoms with Crippen molar-refractivity contribution < 1.29 is 14.3 Å². The zero-order chi connectivity index (χ0) is 21.2. The summed E-state index contributed by atoms with van der Waals surface area (Å²) in [7, 11) is 1.61. The van der Waals surface area contributed by atoms with Gasteiger partial charge < -0.3 is 15.4 Å². The molecule has 2 amide bonds. The first-order chi connectivity index (χ1) is 14.6. The van der Waals surface area contributed by atoms with E-state index in [0.717, 1.165) is 16.9 Å². The average Bonchev–Trinajstić information content (AvgIpc) is 2.79. The number of carbonyl (C=O) groups excluding carboxylic acids is 2. The molecule has 5 nitrogen and oxygen atoms in total. The lowest BCUT2D eigenvalue weighted by molar-refractivity contribution is -0.116. The van der Waals surface area contributed by atoms with E-state index in [1.54, 1.807) is 37.5 Å². The predicted octanol–water partition coefficient (Wildman–Crippen LogP) is 4.92. The van der Waals surface area contributed by atoms with E-state index in [4.69, 9.17) is 4.74 Å². The lowest BCUT2D eigenvalue weighted by atomic mass is 10.1. The molecule has 5 heteroatoms. The Morgan fingerprint density at radius 2 is 1.47 bits per heavy atom. The molecule has 2 N–H and O–H groups in total. The first kappa shape index (κ1) is 20.9. The van der Waals surface area contributed by atoms with Crippen molar-refractivity contribution in [2.75, 3.05) is 17.7 Å². The van der Waals surface area contributed by atoms with Crippen molar-refractivity contribution in [2.45, 2.75) is 12.8 Å². The molecule has 3 aromatic carbocycles. The van der Waals surface area contributed by atoms with Crippen LogP contribution in [0.1, 0.15) is 17.5 Å². The molecule has 152 valence electrons. The maximum absolute atomic E-state index is 12.1. The van der Waals surface area contributed by atoms with Crippen LogP contribution in [0, 0.1) is 0 Å². The van der Waals surface area contributed by atoms with Crippen LogP contribution < -0.4 is 15.4 Å². The summed E-state index contributed by atoms with van der Waals surface area (Å²) >= 11 is 0. The molecule has 0 aliphatic carbocycles. The molecule has 30 heavy (non-hydrogen) atoms. The molecule has 3 aromatic rings. The van der Waals surface area contributed by atoms with E-state index in [9.17, 15) is 9.59 Å². The smallest absolute Gasteiger partial charge is 0.248 e. The van der Waals surface area contributed by atoms with Crippen molar-refractivity contribution in [3.05, 3.63) is 96.1 Å². The molecule has 0 radical (unpaired) electrons. The highest BCUT2D eigenvalue weighted by molar-refractivity contribution is 6.02. The van der Waals surface area contributed by atoms with E-state index >= 15 is 0 Å². The number of ether oxygens (including phenoxy) is 1. The topological polar surface area (TPSA) is 67.4 Å². The number of rotatable bonds is 8. The molecule has 0 unspecified atom stereocenters. The van der Waals surface area contributed by atoms with Crippen LogP contribution in [0.3, 0.4) is 0 Å². The number of anilines is 2. The summed E-state index contributed by atoms with van der Waals surface area (Å²) < 4.78 is 5.11. The second-order valence-electron chi connectivity index (χ2n) is 6.71. The number of nitrogens with one attached hydrogen (secondary N) is 2. The van der Waals surface area contributed by atoms with Gasteiger partial charge in [-0.2, -0.15) is 0 Å². The van der Waals surface area contributed by atoms with Crippen LogP contribution in [-0.2, 0) is 16.0 Å². The van der Waals surface area contributed by atoms with Crippen LogP contribution in [0.4, 0.5) is 11.4 Å². The van der Waals surface area contributed by atoms with E-state index in [0.29, 0.717) is 24.2 Å². The minimum absolute atomic E-state index is 0.0435. The molecule has 0 aliphatic heterocycles. The Hall–Kier alpha value is -3.86. The van der Waals surface area contributed by atoms with E-state index in [2.05, 4.69) is 10.6 Å². The second-order valence-corrected chi connectivity index (χ2v) is 6.71. The van der Waals surface area contributed by atoms with Gasteiger partial charge in [0.15, 0.2) is 0 Å². The third-order valence-electron chi connectivity index (χ3n) is 4.46. The van der Waals surface area contributed by atoms with Crippen LogP contribution >= 0.6 is 0 Å². The molecule has 0 spiro atoms. The molecular formula is C25H24N2O3. The summed E-state index contributed by atoms with van der Waals surface area (Å²) in [6.07, 6.45) is 4.32. The highest BCUT2D eigenvalue weighted by Crippen LogP contribution is 2.15. The molecule has 0 fully saturated rings. The highest BCUT2D eigenvalue weighted by atomic mass is 16.5. The zero-order valence-electron chi connectivity index (χ0n) is 16.8. The van der Waals surface area contributed by atoms with Crippen molar-refractivity contribution in [1.29, 1.82) is 0 Å². The summed E-state index contributed by atoms with van der Waals surface area (Å²) in [4.78, 5) is 24.2. The Morgan fingerprint density at radius 3 is 2.10 bits per heavy atom. The quantitative estimate of drug-likeness (QED) is 0.528. The van der Waals surface area contributed by atoms with Gasteiger partial charge in [0, 0.05) is 23.9 Å². The van der Waals surface area contributed by atoms with Gasteiger partial charge in [-0.1, -0.05) is 42.5 Å². The Kier molecular flexibility index (Phi) is 7.39. The first-order valence-corrected chi connectivity index (χ1v) is 9.69. The van der Waals surface area contributed by atoms with E-state index < -0.39 is 0 Å². The van der Waals surface area contributed by atoms with Gasteiger partial charge in [0.2, 0.25) is 11.8 Å². The van der Waals surface area contributed by atoms with E-state index in [1.165, 1.54) is 6.08 Å². The predicted molar refractivity (Wildman–Crippen MR) is 120 cm³/mol. The van der Waals surface area contributed by atoms with Gasteiger partial charge >= 0.3 is 0 Å². The minimum atomic E-state index is -0.231. The number of amides is 2. The SMILES string of the molecule is COc1ccc(/C=C/C(=O)Nc2ccc(NC(=O)CCc3ccccc3)cc2)cc1. The van der Waals surface area contributed by atoms with Gasteiger partial charge in [-0.3, -0.25) is 9.59 Å². The third kappa shape index (κ3) is 6.63. The molecule has 0 heterocycles. The van der Waals surface area contributed by atoms with Crippen molar-refractivity contribution in [1.82, 2.24) is 0 Å². The van der Waals surface area contributed by atoms with Crippen molar-refractivity contribution >= 4 is 29.3 Å². The summed E-state index contributed by atoms with van der Waals surface area (Å²) in [6.45, 7) is 0. The Morgan fingerprint density at radius 1 is 0.833 bits per heavy atom. The molecule has 0 aliphatic rings. The average molecular weight is 400 g/mol. The minimum Gasteiger partial charge on any atom is -0.497 e. The molecule has 0 aromatic heterocycles. The summed E-state index contributed by atoms with van der Waals surface area (Å²) in [6, 6.07) is 24.4. The van der Waals surface area contributed by atoms with Gasteiger partial charge in [0.05, 0.1) is 7.11 Å². The summed E-state index contributed by atoms with van der Waals surface area (Å²) in [5.74, 6) is 0.493.